The first-order chi connectivity index (χ1) is 12.8. The van der Waals surface area contributed by atoms with Crippen LogP contribution in [0.25, 0.3) is 0 Å². The standard InChI is InChI=1S/C19H19N3O4S/c1-4-12-20-19(24)16-10-5-6-11-17(16)21-18(23)14-8-7-9-15(13-14)27(25,26)22(2)3/h1,5-11,13H,12H2,2-3H3,(H,20,24)(H,21,23). The summed E-state index contributed by atoms with van der Waals surface area (Å²) >= 11 is 0. The largest absolute Gasteiger partial charge is 0.341 e. The summed E-state index contributed by atoms with van der Waals surface area (Å²) in [5.74, 6) is 1.34. The molecule has 2 amide bonds. The fourth-order valence-electron chi connectivity index (χ4n) is 2.22. The number of hydrogen-bond acceptors (Lipinski definition) is 4. The maximum Gasteiger partial charge on any atom is 0.255 e. The molecule has 7 nitrogen and oxygen atoms in total. The van der Waals surface area contributed by atoms with Crippen LogP contribution >= 0.6 is 0 Å². The average molecular weight is 385 g/mol. The fraction of sp³-hybridized carbons (Fsp3) is 0.158. The zero-order valence-corrected chi connectivity index (χ0v) is 15.7. The van der Waals surface area contributed by atoms with Crippen LogP contribution in [0.15, 0.2) is 53.4 Å². The Labute approximate surface area is 158 Å². The maximum atomic E-state index is 12.6. The fourth-order valence-corrected chi connectivity index (χ4v) is 3.17. The third-order valence-electron chi connectivity index (χ3n) is 3.65. The summed E-state index contributed by atoms with van der Waals surface area (Å²) in [7, 11) is -0.848. The zero-order valence-electron chi connectivity index (χ0n) is 14.9. The van der Waals surface area contributed by atoms with E-state index < -0.39 is 21.8 Å². The molecule has 8 heteroatoms. The smallest absolute Gasteiger partial charge is 0.255 e. The van der Waals surface area contributed by atoms with Crippen LogP contribution in [-0.4, -0.2) is 45.2 Å². The minimum atomic E-state index is -3.67. The molecule has 0 radical (unpaired) electrons. The van der Waals surface area contributed by atoms with Gasteiger partial charge in [0.05, 0.1) is 22.7 Å². The lowest BCUT2D eigenvalue weighted by Crippen LogP contribution is -2.25. The summed E-state index contributed by atoms with van der Waals surface area (Å²) in [4.78, 5) is 24.7. The summed E-state index contributed by atoms with van der Waals surface area (Å²) in [5.41, 5.74) is 0.688. The Morgan fingerprint density at radius 3 is 2.44 bits per heavy atom. The van der Waals surface area contributed by atoms with Gasteiger partial charge in [0.1, 0.15) is 0 Å². The number of sulfonamides is 1. The quantitative estimate of drug-likeness (QED) is 0.738. The highest BCUT2D eigenvalue weighted by atomic mass is 32.2. The van der Waals surface area contributed by atoms with E-state index in [1.807, 2.05) is 0 Å². The van der Waals surface area contributed by atoms with E-state index in [4.69, 9.17) is 6.42 Å². The van der Waals surface area contributed by atoms with Gasteiger partial charge in [-0.2, -0.15) is 0 Å². The molecular weight excluding hydrogens is 366 g/mol. The molecule has 0 spiro atoms. The highest BCUT2D eigenvalue weighted by molar-refractivity contribution is 7.89. The van der Waals surface area contributed by atoms with E-state index in [2.05, 4.69) is 16.6 Å². The molecule has 0 atom stereocenters. The summed E-state index contributed by atoms with van der Waals surface area (Å²) in [5, 5.41) is 5.16. The first-order valence-corrected chi connectivity index (χ1v) is 9.36. The van der Waals surface area contributed by atoms with E-state index in [-0.39, 0.29) is 28.3 Å². The summed E-state index contributed by atoms with van der Waals surface area (Å²) in [6, 6.07) is 12.1. The van der Waals surface area contributed by atoms with E-state index in [1.54, 1.807) is 24.3 Å². The highest BCUT2D eigenvalue weighted by Crippen LogP contribution is 2.19. The Bertz CT molecular complexity index is 1010. The molecule has 140 valence electrons. The topological polar surface area (TPSA) is 95.6 Å². The normalized spacial score (nSPS) is 10.9. The molecule has 0 bridgehead atoms. The molecule has 2 aromatic carbocycles. The number of amides is 2. The average Bonchev–Trinajstić information content (AvgIpc) is 2.66. The lowest BCUT2D eigenvalue weighted by Gasteiger charge is -2.13. The molecule has 0 aromatic heterocycles. The van der Waals surface area contributed by atoms with Gasteiger partial charge in [-0.3, -0.25) is 9.59 Å². The molecule has 0 saturated carbocycles. The van der Waals surface area contributed by atoms with Gasteiger partial charge >= 0.3 is 0 Å². The molecule has 2 aromatic rings. The van der Waals surface area contributed by atoms with Gasteiger partial charge in [0, 0.05) is 19.7 Å². The molecule has 0 aliphatic rings. The van der Waals surface area contributed by atoms with E-state index >= 15 is 0 Å². The Morgan fingerprint density at radius 2 is 1.78 bits per heavy atom. The predicted octanol–water partition coefficient (Wildman–Crippen LogP) is 1.55. The van der Waals surface area contributed by atoms with Gasteiger partial charge in [-0.1, -0.05) is 24.1 Å². The van der Waals surface area contributed by atoms with Crippen LogP contribution in [0.4, 0.5) is 5.69 Å². The van der Waals surface area contributed by atoms with Crippen LogP contribution < -0.4 is 10.6 Å². The number of terminal acetylenes is 1. The van der Waals surface area contributed by atoms with Crippen molar-refractivity contribution >= 4 is 27.5 Å². The van der Waals surface area contributed by atoms with E-state index in [0.717, 1.165) is 4.31 Å². The molecule has 0 saturated heterocycles. The third kappa shape index (κ3) is 4.73. The molecule has 0 fully saturated rings. The van der Waals surface area contributed by atoms with Crippen molar-refractivity contribution in [3.05, 3.63) is 59.7 Å². The first-order valence-electron chi connectivity index (χ1n) is 7.92. The van der Waals surface area contributed by atoms with Crippen LogP contribution in [0, 0.1) is 12.3 Å². The van der Waals surface area contributed by atoms with Gasteiger partial charge < -0.3 is 10.6 Å². The van der Waals surface area contributed by atoms with Crippen molar-refractivity contribution in [2.75, 3.05) is 26.0 Å². The molecule has 0 heterocycles. The number of carbonyl (C=O) groups excluding carboxylic acids is 2. The van der Waals surface area contributed by atoms with Gasteiger partial charge in [0.2, 0.25) is 10.0 Å². The summed E-state index contributed by atoms with van der Waals surface area (Å²) in [6.45, 7) is 0.0611. The van der Waals surface area contributed by atoms with E-state index in [1.165, 1.54) is 38.4 Å². The number of benzene rings is 2. The van der Waals surface area contributed by atoms with Crippen molar-refractivity contribution in [1.82, 2.24) is 9.62 Å². The lowest BCUT2D eigenvalue weighted by molar-refractivity contribution is 0.0959. The summed E-state index contributed by atoms with van der Waals surface area (Å²) in [6.07, 6.45) is 5.13. The number of rotatable bonds is 6. The monoisotopic (exact) mass is 385 g/mol. The highest BCUT2D eigenvalue weighted by Gasteiger charge is 2.19. The van der Waals surface area contributed by atoms with E-state index in [9.17, 15) is 18.0 Å². The van der Waals surface area contributed by atoms with Crippen molar-refractivity contribution < 1.29 is 18.0 Å². The minimum absolute atomic E-state index is 0.000184. The van der Waals surface area contributed by atoms with Crippen molar-refractivity contribution in [1.29, 1.82) is 0 Å². The second kappa shape index (κ2) is 8.49. The van der Waals surface area contributed by atoms with Crippen molar-refractivity contribution in [3.63, 3.8) is 0 Å². The summed E-state index contributed by atoms with van der Waals surface area (Å²) < 4.78 is 25.5. The van der Waals surface area contributed by atoms with Crippen LogP contribution in [0.1, 0.15) is 20.7 Å². The molecular formula is C19H19N3O4S. The Hall–Kier alpha value is -3.15. The van der Waals surface area contributed by atoms with Crippen LogP contribution in [0.3, 0.4) is 0 Å². The lowest BCUT2D eigenvalue weighted by atomic mass is 10.1. The van der Waals surface area contributed by atoms with Gasteiger partial charge in [0.15, 0.2) is 0 Å². The molecule has 2 rings (SSSR count). The van der Waals surface area contributed by atoms with Crippen molar-refractivity contribution in [3.8, 4) is 12.3 Å². The van der Waals surface area contributed by atoms with Gasteiger partial charge in [-0.15, -0.1) is 6.42 Å². The number of para-hydroxylation sites is 1. The SMILES string of the molecule is C#CCNC(=O)c1ccccc1NC(=O)c1cccc(S(=O)(=O)N(C)C)c1. The molecule has 2 N–H and O–H groups in total. The Morgan fingerprint density at radius 1 is 1.07 bits per heavy atom. The number of hydrogen-bond donors (Lipinski definition) is 2. The number of anilines is 1. The Kier molecular flexibility index (Phi) is 6.34. The molecule has 0 aliphatic carbocycles. The number of nitrogens with one attached hydrogen (secondary N) is 2. The first kappa shape index (κ1) is 20.2. The van der Waals surface area contributed by atoms with Crippen LogP contribution in [0.2, 0.25) is 0 Å². The number of nitrogens with zero attached hydrogens (tertiary/aromatic N) is 1. The van der Waals surface area contributed by atoms with E-state index in [0.29, 0.717) is 0 Å². The van der Waals surface area contributed by atoms with Crippen molar-refractivity contribution in [2.45, 2.75) is 4.90 Å². The van der Waals surface area contributed by atoms with Crippen molar-refractivity contribution in [2.24, 2.45) is 0 Å². The predicted molar refractivity (Wildman–Crippen MR) is 103 cm³/mol. The maximum absolute atomic E-state index is 12.6. The Balaban J connectivity index is 2.29. The zero-order chi connectivity index (χ0) is 20.0. The third-order valence-corrected chi connectivity index (χ3v) is 5.46. The number of carbonyl (C=O) groups is 2. The van der Waals surface area contributed by atoms with Gasteiger partial charge in [0.25, 0.3) is 11.8 Å². The second-order valence-corrected chi connectivity index (χ2v) is 7.85. The molecule has 0 aliphatic heterocycles. The van der Waals surface area contributed by atoms with Gasteiger partial charge in [-0.25, -0.2) is 12.7 Å². The minimum Gasteiger partial charge on any atom is -0.341 e. The second-order valence-electron chi connectivity index (χ2n) is 5.70. The van der Waals surface area contributed by atoms with Crippen LogP contribution in [-0.2, 0) is 10.0 Å². The van der Waals surface area contributed by atoms with Gasteiger partial charge in [-0.05, 0) is 30.3 Å². The molecule has 27 heavy (non-hydrogen) atoms. The van der Waals surface area contributed by atoms with Crippen LogP contribution in [0.5, 0.6) is 0 Å². The molecule has 0 unspecified atom stereocenters.